The molecule has 0 bridgehead atoms. The summed E-state index contributed by atoms with van der Waals surface area (Å²) in [5.74, 6) is 0.762. The van der Waals surface area contributed by atoms with Crippen molar-refractivity contribution in [3.05, 3.63) is 41.5 Å². The van der Waals surface area contributed by atoms with Crippen LogP contribution in [0.5, 0.6) is 0 Å². The van der Waals surface area contributed by atoms with Gasteiger partial charge in [-0.15, -0.1) is 5.10 Å². The van der Waals surface area contributed by atoms with Gasteiger partial charge in [-0.2, -0.15) is 0 Å². The normalized spacial score (nSPS) is 19.7. The largest absolute Gasteiger partial charge is 0.379 e. The summed E-state index contributed by atoms with van der Waals surface area (Å²) in [7, 11) is 1.90. The highest BCUT2D eigenvalue weighted by Gasteiger charge is 2.35. The third kappa shape index (κ3) is 3.56. The van der Waals surface area contributed by atoms with Crippen molar-refractivity contribution in [1.29, 1.82) is 0 Å². The summed E-state index contributed by atoms with van der Waals surface area (Å²) < 4.78 is 7.72. The molecule has 0 spiro atoms. The summed E-state index contributed by atoms with van der Waals surface area (Å²) in [6.45, 7) is 1.92. The third-order valence-electron chi connectivity index (χ3n) is 4.96. The van der Waals surface area contributed by atoms with Crippen molar-refractivity contribution in [2.45, 2.75) is 31.7 Å². The lowest BCUT2D eigenvalue weighted by Crippen LogP contribution is -2.43. The molecule has 0 unspecified atom stereocenters. The number of ether oxygens (including phenoxy) is 1. The Labute approximate surface area is 147 Å². The second-order valence-corrected chi connectivity index (χ2v) is 6.88. The van der Waals surface area contributed by atoms with Crippen LogP contribution in [0.4, 0.5) is 0 Å². The van der Waals surface area contributed by atoms with E-state index in [0.717, 1.165) is 30.1 Å². The van der Waals surface area contributed by atoms with Crippen LogP contribution in [0, 0.1) is 5.92 Å². The number of aryl methyl sites for hydroxylation is 1. The molecule has 3 heterocycles. The highest BCUT2D eigenvalue weighted by atomic mass is 16.5. The van der Waals surface area contributed by atoms with Gasteiger partial charge in [0.2, 0.25) is 5.91 Å². The van der Waals surface area contributed by atoms with E-state index >= 15 is 0 Å². The molecule has 1 fully saturated rings. The fraction of sp³-hybridized carbons (Fsp3) is 0.556. The van der Waals surface area contributed by atoms with Gasteiger partial charge in [0.05, 0.1) is 18.7 Å². The number of amides is 1. The maximum atomic E-state index is 12.9. The molecule has 2 aromatic rings. The van der Waals surface area contributed by atoms with Crippen molar-refractivity contribution >= 4 is 5.91 Å². The maximum Gasteiger partial charge on any atom is 0.229 e. The number of nitrogens with zero attached hydrogens (tertiary/aromatic N) is 5. The van der Waals surface area contributed by atoms with Crippen molar-refractivity contribution in [2.24, 2.45) is 13.0 Å². The minimum Gasteiger partial charge on any atom is -0.379 e. The number of hydrogen-bond donors (Lipinski definition) is 0. The van der Waals surface area contributed by atoms with Gasteiger partial charge in [-0.1, -0.05) is 11.3 Å². The molecule has 1 amide bonds. The lowest BCUT2D eigenvalue weighted by Gasteiger charge is -2.34. The van der Waals surface area contributed by atoms with Crippen LogP contribution in [0.15, 0.2) is 24.4 Å². The molecule has 25 heavy (non-hydrogen) atoms. The molecule has 2 aliphatic rings. The summed E-state index contributed by atoms with van der Waals surface area (Å²) in [5.41, 5.74) is 2.76. The Balaban J connectivity index is 1.50. The van der Waals surface area contributed by atoms with Crippen LogP contribution >= 0.6 is 0 Å². The molecule has 0 saturated heterocycles. The Morgan fingerprint density at radius 2 is 2.20 bits per heavy atom. The van der Waals surface area contributed by atoms with Gasteiger partial charge in [-0.25, -0.2) is 0 Å². The van der Waals surface area contributed by atoms with Gasteiger partial charge in [0.25, 0.3) is 0 Å². The van der Waals surface area contributed by atoms with E-state index in [0.29, 0.717) is 25.5 Å². The van der Waals surface area contributed by atoms with E-state index in [4.69, 9.17) is 4.74 Å². The molecular formula is C18H23N5O2. The van der Waals surface area contributed by atoms with Crippen LogP contribution in [0.2, 0.25) is 0 Å². The van der Waals surface area contributed by atoms with Crippen LogP contribution < -0.4 is 0 Å². The summed E-state index contributed by atoms with van der Waals surface area (Å²) in [4.78, 5) is 19.0. The molecule has 7 heteroatoms. The molecule has 1 aliphatic heterocycles. The number of carbonyl (C=O) groups is 1. The highest BCUT2D eigenvalue weighted by Crippen LogP contribution is 2.31. The maximum absolute atomic E-state index is 12.9. The van der Waals surface area contributed by atoms with E-state index < -0.39 is 0 Å². The Morgan fingerprint density at radius 1 is 1.32 bits per heavy atom. The number of pyridine rings is 1. The molecule has 2 aromatic heterocycles. The van der Waals surface area contributed by atoms with Crippen molar-refractivity contribution in [2.75, 3.05) is 19.8 Å². The van der Waals surface area contributed by atoms with Crippen molar-refractivity contribution in [3.8, 4) is 0 Å². The fourth-order valence-electron chi connectivity index (χ4n) is 3.33. The number of rotatable bonds is 6. The van der Waals surface area contributed by atoms with Gasteiger partial charge in [0, 0.05) is 38.5 Å². The standard InChI is InChI=1S/C18H23N5O2/c1-22-15-7-9-23(17(24)10-14-4-2-3-8-19-14)16(18(15)20-21-22)12-25-11-13-5-6-13/h2-4,8,13,16H,5-7,9-12H2,1H3/t16-/m0/s1. The Hall–Kier alpha value is -2.28. The number of hydrogen-bond acceptors (Lipinski definition) is 5. The summed E-state index contributed by atoms with van der Waals surface area (Å²) >= 11 is 0. The van der Waals surface area contributed by atoms with Gasteiger partial charge in [0.1, 0.15) is 11.7 Å². The number of carbonyl (C=O) groups excluding carboxylic acids is 1. The minimum absolute atomic E-state index is 0.0648. The SMILES string of the molecule is Cn1nnc2c1CCN(C(=O)Cc1ccccn1)[C@H]2COCC1CC1. The Bertz CT molecular complexity index is 741. The second-order valence-electron chi connectivity index (χ2n) is 6.88. The van der Waals surface area contributed by atoms with Crippen molar-refractivity contribution in [3.63, 3.8) is 0 Å². The summed E-state index contributed by atoms with van der Waals surface area (Å²) in [5, 5.41) is 8.46. The highest BCUT2D eigenvalue weighted by molar-refractivity contribution is 5.79. The average Bonchev–Trinajstić information content (AvgIpc) is 3.37. The van der Waals surface area contributed by atoms with E-state index in [-0.39, 0.29) is 11.9 Å². The topological polar surface area (TPSA) is 73.1 Å². The average molecular weight is 341 g/mol. The molecule has 132 valence electrons. The number of fused-ring (bicyclic) bond motifs is 1. The third-order valence-corrected chi connectivity index (χ3v) is 4.96. The fourth-order valence-corrected chi connectivity index (χ4v) is 3.33. The van der Waals surface area contributed by atoms with Gasteiger partial charge in [0.15, 0.2) is 0 Å². The van der Waals surface area contributed by atoms with Crippen LogP contribution in [0.1, 0.15) is 36.0 Å². The van der Waals surface area contributed by atoms with E-state index in [9.17, 15) is 4.79 Å². The van der Waals surface area contributed by atoms with Gasteiger partial charge >= 0.3 is 0 Å². The van der Waals surface area contributed by atoms with Crippen molar-refractivity contribution in [1.82, 2.24) is 24.9 Å². The quantitative estimate of drug-likeness (QED) is 0.792. The molecule has 0 N–H and O–H groups in total. The first-order valence-corrected chi connectivity index (χ1v) is 8.88. The molecule has 1 saturated carbocycles. The van der Waals surface area contributed by atoms with Crippen LogP contribution in [-0.2, 0) is 29.4 Å². The van der Waals surface area contributed by atoms with Gasteiger partial charge in [-0.3, -0.25) is 14.5 Å². The monoisotopic (exact) mass is 341 g/mol. The molecule has 1 aliphatic carbocycles. The van der Waals surface area contributed by atoms with Crippen molar-refractivity contribution < 1.29 is 9.53 Å². The van der Waals surface area contributed by atoms with Crippen LogP contribution in [0.3, 0.4) is 0 Å². The van der Waals surface area contributed by atoms with E-state index in [1.54, 1.807) is 6.20 Å². The molecular weight excluding hydrogens is 318 g/mol. The molecule has 0 radical (unpaired) electrons. The Kier molecular flexibility index (Phi) is 4.48. The summed E-state index contributed by atoms with van der Waals surface area (Å²) in [6, 6.07) is 5.49. The molecule has 7 nitrogen and oxygen atoms in total. The first-order chi connectivity index (χ1) is 12.2. The molecule has 0 aromatic carbocycles. The van der Waals surface area contributed by atoms with E-state index in [2.05, 4.69) is 15.3 Å². The molecule has 1 atom stereocenters. The zero-order valence-electron chi connectivity index (χ0n) is 14.5. The zero-order chi connectivity index (χ0) is 17.2. The lowest BCUT2D eigenvalue weighted by atomic mass is 10.0. The van der Waals surface area contributed by atoms with Crippen LogP contribution in [0.25, 0.3) is 0 Å². The number of aromatic nitrogens is 4. The minimum atomic E-state index is -0.160. The van der Waals surface area contributed by atoms with Gasteiger partial charge < -0.3 is 9.64 Å². The first kappa shape index (κ1) is 16.2. The predicted octanol–water partition coefficient (Wildman–Crippen LogP) is 1.31. The van der Waals surface area contributed by atoms with E-state index in [1.165, 1.54) is 12.8 Å². The van der Waals surface area contributed by atoms with Crippen LogP contribution in [-0.4, -0.2) is 50.5 Å². The smallest absolute Gasteiger partial charge is 0.229 e. The predicted molar refractivity (Wildman–Crippen MR) is 90.6 cm³/mol. The van der Waals surface area contributed by atoms with E-state index in [1.807, 2.05) is 34.8 Å². The molecule has 4 rings (SSSR count). The zero-order valence-corrected chi connectivity index (χ0v) is 14.5. The lowest BCUT2D eigenvalue weighted by molar-refractivity contribution is -0.135. The first-order valence-electron chi connectivity index (χ1n) is 8.88. The Morgan fingerprint density at radius 3 is 2.96 bits per heavy atom. The van der Waals surface area contributed by atoms with Gasteiger partial charge in [-0.05, 0) is 30.9 Å². The summed E-state index contributed by atoms with van der Waals surface area (Å²) in [6.07, 6.45) is 5.30. The second kappa shape index (κ2) is 6.92.